The molecular weight excluding hydrogens is 433 g/mol. The number of piperazine rings is 1. The smallest absolute Gasteiger partial charge is 0.138 e. The van der Waals surface area contributed by atoms with Crippen molar-refractivity contribution < 1.29 is 4.74 Å². The maximum absolute atomic E-state index is 5.32. The van der Waals surface area contributed by atoms with E-state index in [-0.39, 0.29) is 24.8 Å². The standard InChI is InChI=1S/C20H25N3OS2.2ClH/c1-14-12-16-19(23-10-9-22(2)15(13-23)8-11-24-3)21-17-6-4-5-7-18(17)26-20(16)25-14;;/h4-7,12,15H,8-11,13H2,1-3H3;2*1H/t15-;;/m0../s1. The van der Waals surface area contributed by atoms with Crippen molar-refractivity contribution in [1.29, 1.82) is 0 Å². The number of fused-ring (bicyclic) bond motifs is 2. The second-order valence-electron chi connectivity index (χ2n) is 6.93. The molecule has 0 bridgehead atoms. The number of hydrogen-bond donors (Lipinski definition) is 0. The molecule has 1 aromatic heterocycles. The second-order valence-corrected chi connectivity index (χ2v) is 9.49. The van der Waals surface area contributed by atoms with Crippen molar-refractivity contribution in [2.24, 2.45) is 4.99 Å². The Morgan fingerprint density at radius 2 is 2.00 bits per heavy atom. The second kappa shape index (κ2) is 10.3. The molecule has 0 spiro atoms. The quantitative estimate of drug-likeness (QED) is 0.638. The first-order chi connectivity index (χ1) is 12.7. The molecular formula is C20H27Cl2N3OS2. The Kier molecular flexibility index (Phi) is 8.67. The topological polar surface area (TPSA) is 28.1 Å². The molecule has 3 heterocycles. The van der Waals surface area contributed by atoms with Gasteiger partial charge >= 0.3 is 0 Å². The Hall–Kier alpha value is -0.760. The van der Waals surface area contributed by atoms with Crippen LogP contribution in [0.5, 0.6) is 0 Å². The van der Waals surface area contributed by atoms with Gasteiger partial charge in [-0.15, -0.1) is 36.2 Å². The van der Waals surface area contributed by atoms with Gasteiger partial charge < -0.3 is 9.64 Å². The van der Waals surface area contributed by atoms with Crippen molar-refractivity contribution in [1.82, 2.24) is 9.80 Å². The molecule has 1 aromatic carbocycles. The molecule has 28 heavy (non-hydrogen) atoms. The number of rotatable bonds is 3. The van der Waals surface area contributed by atoms with E-state index in [2.05, 4.69) is 54.1 Å². The van der Waals surface area contributed by atoms with E-state index in [1.807, 2.05) is 23.1 Å². The van der Waals surface area contributed by atoms with Gasteiger partial charge in [-0.05, 0) is 38.6 Å². The lowest BCUT2D eigenvalue weighted by Crippen LogP contribution is -2.53. The minimum atomic E-state index is 0. The molecule has 0 aliphatic carbocycles. The molecule has 1 saturated heterocycles. The summed E-state index contributed by atoms with van der Waals surface area (Å²) in [5.41, 5.74) is 2.38. The van der Waals surface area contributed by atoms with Crippen LogP contribution in [-0.4, -0.2) is 62.1 Å². The minimum Gasteiger partial charge on any atom is -0.385 e. The summed E-state index contributed by atoms with van der Waals surface area (Å²) in [5.74, 6) is 1.14. The Labute approximate surface area is 188 Å². The van der Waals surface area contributed by atoms with Crippen LogP contribution < -0.4 is 0 Å². The Balaban J connectivity index is 0.00000140. The van der Waals surface area contributed by atoms with Crippen molar-refractivity contribution >= 4 is 59.4 Å². The van der Waals surface area contributed by atoms with E-state index in [0.29, 0.717) is 6.04 Å². The van der Waals surface area contributed by atoms with Crippen LogP contribution in [0.3, 0.4) is 0 Å². The van der Waals surface area contributed by atoms with E-state index < -0.39 is 0 Å². The number of nitrogens with zero attached hydrogens (tertiary/aromatic N) is 3. The van der Waals surface area contributed by atoms with Gasteiger partial charge in [0.05, 0.1) is 9.90 Å². The Morgan fingerprint density at radius 1 is 1.21 bits per heavy atom. The highest BCUT2D eigenvalue weighted by Gasteiger charge is 2.30. The number of likely N-dealkylation sites (N-methyl/N-ethyl adjacent to an activating group) is 1. The van der Waals surface area contributed by atoms with Gasteiger partial charge in [0.1, 0.15) is 5.84 Å². The molecule has 0 radical (unpaired) electrons. The van der Waals surface area contributed by atoms with Gasteiger partial charge in [-0.3, -0.25) is 4.90 Å². The predicted octanol–water partition coefficient (Wildman–Crippen LogP) is 5.10. The Morgan fingerprint density at radius 3 is 2.79 bits per heavy atom. The molecule has 0 saturated carbocycles. The predicted molar refractivity (Wildman–Crippen MR) is 125 cm³/mol. The Bertz CT molecular complexity index is 828. The lowest BCUT2D eigenvalue weighted by molar-refractivity contribution is 0.100. The highest BCUT2D eigenvalue weighted by atomic mass is 35.5. The third kappa shape index (κ3) is 4.86. The van der Waals surface area contributed by atoms with E-state index >= 15 is 0 Å². The van der Waals surface area contributed by atoms with E-state index in [0.717, 1.165) is 44.2 Å². The fourth-order valence-electron chi connectivity index (χ4n) is 3.58. The molecule has 0 unspecified atom stereocenters. The lowest BCUT2D eigenvalue weighted by Gasteiger charge is -2.41. The first-order valence-corrected chi connectivity index (χ1v) is 10.7. The van der Waals surface area contributed by atoms with E-state index in [4.69, 9.17) is 9.73 Å². The number of thiophene rings is 1. The molecule has 0 N–H and O–H groups in total. The summed E-state index contributed by atoms with van der Waals surface area (Å²) in [6, 6.07) is 11.3. The normalized spacial score (nSPS) is 18.9. The monoisotopic (exact) mass is 459 g/mol. The summed E-state index contributed by atoms with van der Waals surface area (Å²) >= 11 is 3.73. The van der Waals surface area contributed by atoms with Crippen LogP contribution in [0.2, 0.25) is 0 Å². The van der Waals surface area contributed by atoms with Gasteiger partial charge in [0.15, 0.2) is 0 Å². The van der Waals surface area contributed by atoms with Crippen LogP contribution in [0.15, 0.2) is 44.4 Å². The lowest BCUT2D eigenvalue weighted by atomic mass is 10.1. The number of methoxy groups -OCH3 is 1. The van der Waals surface area contributed by atoms with Crippen molar-refractivity contribution in [2.75, 3.05) is 40.4 Å². The molecule has 8 heteroatoms. The molecule has 2 aromatic rings. The number of amidine groups is 1. The number of hydrogen-bond acceptors (Lipinski definition) is 6. The van der Waals surface area contributed by atoms with Gasteiger partial charge in [-0.1, -0.05) is 23.9 Å². The SMILES string of the molecule is COCC[C@H]1CN(C2=Nc3ccccc3Sc3sc(C)cc32)CCN1C.Cl.Cl. The molecule has 0 amide bonds. The van der Waals surface area contributed by atoms with E-state index in [1.165, 1.54) is 19.5 Å². The molecule has 4 rings (SSSR count). The van der Waals surface area contributed by atoms with Crippen LogP contribution >= 0.6 is 47.9 Å². The van der Waals surface area contributed by atoms with Crippen LogP contribution in [0.25, 0.3) is 0 Å². The number of para-hydroxylation sites is 1. The average Bonchev–Trinajstić information content (AvgIpc) is 2.93. The van der Waals surface area contributed by atoms with Crippen LogP contribution in [0, 0.1) is 6.92 Å². The highest BCUT2D eigenvalue weighted by Crippen LogP contribution is 2.44. The maximum atomic E-state index is 5.32. The number of halogens is 2. The zero-order chi connectivity index (χ0) is 18.1. The molecule has 2 aliphatic heterocycles. The van der Waals surface area contributed by atoms with Gasteiger partial charge in [0.2, 0.25) is 0 Å². The largest absolute Gasteiger partial charge is 0.385 e. The van der Waals surface area contributed by atoms with E-state index in [9.17, 15) is 0 Å². The zero-order valence-electron chi connectivity index (χ0n) is 16.4. The number of aryl methyl sites for hydroxylation is 1. The first kappa shape index (κ1) is 23.5. The fraction of sp³-hybridized carbons (Fsp3) is 0.450. The molecule has 2 aliphatic rings. The molecule has 154 valence electrons. The summed E-state index contributed by atoms with van der Waals surface area (Å²) in [6.07, 6.45) is 1.05. The molecule has 1 atom stereocenters. The summed E-state index contributed by atoms with van der Waals surface area (Å²) in [5, 5.41) is 0. The third-order valence-electron chi connectivity index (χ3n) is 5.09. The van der Waals surface area contributed by atoms with Crippen molar-refractivity contribution in [2.45, 2.75) is 28.5 Å². The molecule has 4 nitrogen and oxygen atoms in total. The van der Waals surface area contributed by atoms with Gasteiger partial charge in [-0.25, -0.2) is 4.99 Å². The van der Waals surface area contributed by atoms with Crippen molar-refractivity contribution in [3.05, 3.63) is 40.8 Å². The summed E-state index contributed by atoms with van der Waals surface area (Å²) < 4.78 is 6.68. The average molecular weight is 460 g/mol. The summed E-state index contributed by atoms with van der Waals surface area (Å²) in [6.45, 7) is 6.06. The fourth-order valence-corrected chi connectivity index (χ4v) is 5.96. The van der Waals surface area contributed by atoms with Crippen LogP contribution in [0.4, 0.5) is 5.69 Å². The highest BCUT2D eigenvalue weighted by molar-refractivity contribution is 8.01. The van der Waals surface area contributed by atoms with Crippen LogP contribution in [0.1, 0.15) is 16.9 Å². The van der Waals surface area contributed by atoms with E-state index in [1.54, 1.807) is 7.11 Å². The maximum Gasteiger partial charge on any atom is 0.138 e. The van der Waals surface area contributed by atoms with Gasteiger partial charge in [0, 0.05) is 54.7 Å². The minimum absolute atomic E-state index is 0. The summed E-state index contributed by atoms with van der Waals surface area (Å²) in [4.78, 5) is 12.7. The third-order valence-corrected chi connectivity index (χ3v) is 7.40. The number of aliphatic imine (C=N–C) groups is 1. The van der Waals surface area contributed by atoms with Crippen molar-refractivity contribution in [3.63, 3.8) is 0 Å². The van der Waals surface area contributed by atoms with Gasteiger partial charge in [-0.2, -0.15) is 0 Å². The first-order valence-electron chi connectivity index (χ1n) is 9.06. The van der Waals surface area contributed by atoms with Crippen LogP contribution in [-0.2, 0) is 4.74 Å². The van der Waals surface area contributed by atoms with Gasteiger partial charge in [0.25, 0.3) is 0 Å². The summed E-state index contributed by atoms with van der Waals surface area (Å²) in [7, 11) is 4.00. The molecule has 1 fully saturated rings. The number of ether oxygens (including phenoxy) is 1. The van der Waals surface area contributed by atoms with Crippen molar-refractivity contribution in [3.8, 4) is 0 Å². The zero-order valence-corrected chi connectivity index (χ0v) is 19.6. The number of benzene rings is 1.